The molecule has 0 atom stereocenters. The van der Waals surface area contributed by atoms with Crippen molar-refractivity contribution in [2.45, 2.75) is 70.6 Å². The van der Waals surface area contributed by atoms with Gasteiger partial charge in [-0.1, -0.05) is 44.6 Å². The molecule has 2 aliphatic carbocycles. The molecule has 0 aliphatic heterocycles. The molecule has 0 unspecified atom stereocenters. The summed E-state index contributed by atoms with van der Waals surface area (Å²) < 4.78 is 0. The Bertz CT molecular complexity index is 428. The van der Waals surface area contributed by atoms with Gasteiger partial charge >= 0.3 is 0 Å². The van der Waals surface area contributed by atoms with Crippen LogP contribution in [0.4, 0.5) is 0 Å². The topological polar surface area (TPSA) is 0 Å². The fourth-order valence-electron chi connectivity index (χ4n) is 3.68. The molecule has 0 nitrogen and oxygen atoms in total. The zero-order valence-corrected chi connectivity index (χ0v) is 13.0. The summed E-state index contributed by atoms with van der Waals surface area (Å²) in [5.74, 6) is 1.85. The average Bonchev–Trinajstić information content (AvgIpc) is 3.14. The molecule has 0 radical (unpaired) electrons. The first-order valence-corrected chi connectivity index (χ1v) is 8.91. The first kappa shape index (κ1) is 13.4. The number of hydrogen-bond donors (Lipinski definition) is 0. The van der Waals surface area contributed by atoms with Gasteiger partial charge in [0.05, 0.1) is 0 Å². The summed E-state index contributed by atoms with van der Waals surface area (Å²) in [5, 5.41) is 0. The predicted molar refractivity (Wildman–Crippen MR) is 85.8 cm³/mol. The monoisotopic (exact) mass is 274 g/mol. The van der Waals surface area contributed by atoms with E-state index in [0.29, 0.717) is 0 Å². The zero-order valence-electron chi connectivity index (χ0n) is 12.2. The zero-order chi connectivity index (χ0) is 13.1. The Morgan fingerprint density at radius 2 is 1.79 bits per heavy atom. The molecule has 1 heteroatoms. The molecular weight excluding hydrogens is 248 g/mol. The van der Waals surface area contributed by atoms with E-state index in [0.717, 1.165) is 11.8 Å². The minimum absolute atomic E-state index is 0.876. The third-order valence-electron chi connectivity index (χ3n) is 5.01. The van der Waals surface area contributed by atoms with Gasteiger partial charge in [-0.15, -0.1) is 11.3 Å². The Balaban J connectivity index is 1.62. The SMILES string of the molecule is CC(=CCC1CCCC1)c1ccc(C2CCCC2)s1. The van der Waals surface area contributed by atoms with E-state index in [1.807, 2.05) is 0 Å². The van der Waals surface area contributed by atoms with Crippen molar-refractivity contribution < 1.29 is 0 Å². The van der Waals surface area contributed by atoms with Crippen molar-refractivity contribution in [2.24, 2.45) is 5.92 Å². The lowest BCUT2D eigenvalue weighted by Crippen LogP contribution is -1.90. The summed E-state index contributed by atoms with van der Waals surface area (Å²) in [5.41, 5.74) is 1.51. The van der Waals surface area contributed by atoms with E-state index >= 15 is 0 Å². The van der Waals surface area contributed by atoms with Crippen molar-refractivity contribution in [1.29, 1.82) is 0 Å². The summed E-state index contributed by atoms with van der Waals surface area (Å²) in [7, 11) is 0. The van der Waals surface area contributed by atoms with E-state index in [1.54, 1.807) is 4.88 Å². The lowest BCUT2D eigenvalue weighted by atomic mass is 10.0. The quantitative estimate of drug-likeness (QED) is 0.597. The molecule has 1 aromatic rings. The van der Waals surface area contributed by atoms with Crippen molar-refractivity contribution in [3.63, 3.8) is 0 Å². The third-order valence-corrected chi connectivity index (χ3v) is 6.39. The second kappa shape index (κ2) is 6.26. The first-order chi connectivity index (χ1) is 9.33. The van der Waals surface area contributed by atoms with Gasteiger partial charge in [-0.3, -0.25) is 0 Å². The van der Waals surface area contributed by atoms with Crippen molar-refractivity contribution in [1.82, 2.24) is 0 Å². The lowest BCUT2D eigenvalue weighted by Gasteiger charge is -2.06. The molecule has 0 spiro atoms. The Hall–Kier alpha value is -0.560. The van der Waals surface area contributed by atoms with Crippen LogP contribution in [-0.4, -0.2) is 0 Å². The molecule has 0 amide bonds. The summed E-state index contributed by atoms with van der Waals surface area (Å²) in [6.07, 6.45) is 15.4. The summed E-state index contributed by atoms with van der Waals surface area (Å²) in [6, 6.07) is 4.75. The molecule has 2 saturated carbocycles. The molecule has 104 valence electrons. The van der Waals surface area contributed by atoms with E-state index in [9.17, 15) is 0 Å². The standard InChI is InChI=1S/C18H26S/c1-14(10-11-15-6-2-3-7-15)17-12-13-18(19-17)16-8-4-5-9-16/h10,12-13,15-16H,2-9,11H2,1H3. The van der Waals surface area contributed by atoms with E-state index < -0.39 is 0 Å². The van der Waals surface area contributed by atoms with Crippen molar-refractivity contribution in [3.05, 3.63) is 28.0 Å². The van der Waals surface area contributed by atoms with Crippen LogP contribution >= 0.6 is 11.3 Å². The van der Waals surface area contributed by atoms with Gasteiger partial charge in [-0.25, -0.2) is 0 Å². The molecule has 0 aromatic carbocycles. The molecule has 0 N–H and O–H groups in total. The van der Waals surface area contributed by atoms with Crippen LogP contribution in [0.25, 0.3) is 5.57 Å². The lowest BCUT2D eigenvalue weighted by molar-refractivity contribution is 0.558. The number of thiophene rings is 1. The number of hydrogen-bond acceptors (Lipinski definition) is 1. The van der Waals surface area contributed by atoms with E-state index in [4.69, 9.17) is 0 Å². The molecule has 3 rings (SSSR count). The fourth-order valence-corrected chi connectivity index (χ4v) is 4.86. The first-order valence-electron chi connectivity index (χ1n) is 8.10. The van der Waals surface area contributed by atoms with Gasteiger partial charge in [0.2, 0.25) is 0 Å². The predicted octanol–water partition coefficient (Wildman–Crippen LogP) is 6.39. The molecule has 19 heavy (non-hydrogen) atoms. The third kappa shape index (κ3) is 3.31. The van der Waals surface area contributed by atoms with Gasteiger partial charge in [0.25, 0.3) is 0 Å². The Morgan fingerprint density at radius 1 is 1.11 bits per heavy atom. The second-order valence-corrected chi connectivity index (χ2v) is 7.57. The van der Waals surface area contributed by atoms with Gasteiger partial charge in [-0.05, 0) is 55.7 Å². The Morgan fingerprint density at radius 3 is 2.53 bits per heavy atom. The van der Waals surface area contributed by atoms with Crippen LogP contribution in [0.3, 0.4) is 0 Å². The van der Waals surface area contributed by atoms with Gasteiger partial charge in [0, 0.05) is 9.75 Å². The van der Waals surface area contributed by atoms with Crippen LogP contribution in [0.15, 0.2) is 18.2 Å². The summed E-state index contributed by atoms with van der Waals surface area (Å²) in [4.78, 5) is 3.15. The molecule has 2 fully saturated rings. The highest BCUT2D eigenvalue weighted by Gasteiger charge is 2.19. The fraction of sp³-hybridized carbons (Fsp3) is 0.667. The van der Waals surface area contributed by atoms with E-state index in [-0.39, 0.29) is 0 Å². The minimum Gasteiger partial charge on any atom is -0.140 e. The average molecular weight is 274 g/mol. The number of rotatable bonds is 4. The molecule has 1 aromatic heterocycles. The van der Waals surface area contributed by atoms with E-state index in [1.165, 1.54) is 68.2 Å². The van der Waals surface area contributed by atoms with E-state index in [2.05, 4.69) is 36.5 Å². The summed E-state index contributed by atoms with van der Waals surface area (Å²) in [6.45, 7) is 2.30. The van der Waals surface area contributed by atoms with Crippen LogP contribution in [0, 0.1) is 5.92 Å². The smallest absolute Gasteiger partial charge is 0.0299 e. The molecule has 0 bridgehead atoms. The van der Waals surface area contributed by atoms with Crippen molar-refractivity contribution >= 4 is 16.9 Å². The van der Waals surface area contributed by atoms with Crippen LogP contribution in [0.5, 0.6) is 0 Å². The van der Waals surface area contributed by atoms with Crippen LogP contribution in [0.1, 0.15) is 80.4 Å². The number of allylic oxidation sites excluding steroid dienone is 2. The van der Waals surface area contributed by atoms with Crippen LogP contribution < -0.4 is 0 Å². The molecule has 2 aliphatic rings. The maximum atomic E-state index is 2.50. The molecular formula is C18H26S. The normalized spacial score (nSPS) is 22.5. The van der Waals surface area contributed by atoms with Crippen LogP contribution in [0.2, 0.25) is 0 Å². The minimum atomic E-state index is 0.876. The summed E-state index contributed by atoms with van der Waals surface area (Å²) >= 11 is 2.05. The van der Waals surface area contributed by atoms with Crippen molar-refractivity contribution in [3.8, 4) is 0 Å². The van der Waals surface area contributed by atoms with Gasteiger partial charge in [0.15, 0.2) is 0 Å². The maximum Gasteiger partial charge on any atom is 0.0299 e. The highest BCUT2D eigenvalue weighted by Crippen LogP contribution is 2.39. The maximum absolute atomic E-state index is 2.50. The second-order valence-electron chi connectivity index (χ2n) is 6.46. The highest BCUT2D eigenvalue weighted by molar-refractivity contribution is 7.13. The van der Waals surface area contributed by atoms with Gasteiger partial charge in [0.1, 0.15) is 0 Å². The molecule has 0 saturated heterocycles. The van der Waals surface area contributed by atoms with Crippen LogP contribution in [-0.2, 0) is 0 Å². The molecule has 1 heterocycles. The van der Waals surface area contributed by atoms with Gasteiger partial charge in [-0.2, -0.15) is 0 Å². The van der Waals surface area contributed by atoms with Gasteiger partial charge < -0.3 is 0 Å². The Labute approximate surface area is 121 Å². The largest absolute Gasteiger partial charge is 0.140 e. The van der Waals surface area contributed by atoms with Crippen molar-refractivity contribution in [2.75, 3.05) is 0 Å². The Kier molecular flexibility index (Phi) is 4.42. The highest BCUT2D eigenvalue weighted by atomic mass is 32.1.